The second-order valence-electron chi connectivity index (χ2n) is 18.4. The Labute approximate surface area is 408 Å². The molecule has 0 saturated carbocycles. The van der Waals surface area contributed by atoms with Gasteiger partial charge in [0, 0.05) is 66.9 Å². The molecule has 0 spiro atoms. The fraction of sp³-hybridized carbons (Fsp3) is 0.0606. The van der Waals surface area contributed by atoms with Gasteiger partial charge in [0.15, 0.2) is 0 Å². The van der Waals surface area contributed by atoms with Gasteiger partial charge in [-0.2, -0.15) is 0 Å². The lowest BCUT2D eigenvalue weighted by Crippen LogP contribution is -2.11. The molecule has 0 amide bonds. The van der Waals surface area contributed by atoms with E-state index in [4.69, 9.17) is 0 Å². The van der Waals surface area contributed by atoms with Crippen molar-refractivity contribution in [1.29, 1.82) is 0 Å². The van der Waals surface area contributed by atoms with Crippen LogP contribution in [-0.2, 0) is 0 Å². The maximum atomic E-state index is 2.53. The topological polar surface area (TPSA) is 16.3 Å². The Morgan fingerprint density at radius 3 is 1.46 bits per heavy atom. The van der Waals surface area contributed by atoms with Crippen molar-refractivity contribution in [1.82, 2.24) is 9.13 Å². The van der Waals surface area contributed by atoms with Crippen LogP contribution in [0.3, 0.4) is 0 Å². The minimum Gasteiger partial charge on any atom is -0.333 e. The minimum atomic E-state index is 0.246. The summed E-state index contributed by atoms with van der Waals surface area (Å²) >= 11 is 0. The normalized spacial score (nSPS) is 14.5. The number of nitrogens with zero attached hydrogens (tertiary/aromatic N) is 4. The van der Waals surface area contributed by atoms with Crippen LogP contribution >= 0.6 is 0 Å². The van der Waals surface area contributed by atoms with Crippen LogP contribution in [0.25, 0.3) is 71.6 Å². The number of hydrogen-bond donors (Lipinski definition) is 0. The number of para-hydroxylation sites is 4. The van der Waals surface area contributed by atoms with E-state index in [9.17, 15) is 0 Å². The zero-order chi connectivity index (χ0) is 46.4. The van der Waals surface area contributed by atoms with E-state index in [1.807, 2.05) is 0 Å². The highest BCUT2D eigenvalue weighted by atomic mass is 15.2. The summed E-state index contributed by atoms with van der Waals surface area (Å²) in [5.74, 6) is 0. The molecule has 334 valence electrons. The molecule has 4 nitrogen and oxygen atoms in total. The van der Waals surface area contributed by atoms with Crippen LogP contribution < -0.4 is 9.80 Å². The Balaban J connectivity index is 0.885. The van der Waals surface area contributed by atoms with Crippen molar-refractivity contribution in [3.8, 4) is 22.3 Å². The molecule has 2 aromatic heterocycles. The zero-order valence-electron chi connectivity index (χ0n) is 38.8. The van der Waals surface area contributed by atoms with Gasteiger partial charge in [0.1, 0.15) is 0 Å². The third-order valence-corrected chi connectivity index (χ3v) is 14.2. The molecule has 1 atom stereocenters. The molecule has 0 aliphatic heterocycles. The number of allylic oxidation sites excluding steroid dienone is 8. The summed E-state index contributed by atoms with van der Waals surface area (Å²) in [6.45, 7) is 0. The van der Waals surface area contributed by atoms with E-state index in [1.165, 1.54) is 49.3 Å². The van der Waals surface area contributed by atoms with Crippen LogP contribution in [0.15, 0.2) is 261 Å². The number of benzene rings is 9. The Bertz CT molecular complexity index is 3880. The highest BCUT2D eigenvalue weighted by Gasteiger charge is 2.22. The van der Waals surface area contributed by atoms with E-state index >= 15 is 0 Å². The summed E-state index contributed by atoms with van der Waals surface area (Å²) in [7, 11) is 0. The van der Waals surface area contributed by atoms with Gasteiger partial charge in [0.25, 0.3) is 0 Å². The predicted octanol–water partition coefficient (Wildman–Crippen LogP) is 18.4. The maximum Gasteiger partial charge on any atom is 0.0561 e. The van der Waals surface area contributed by atoms with E-state index in [-0.39, 0.29) is 6.04 Å². The van der Waals surface area contributed by atoms with Gasteiger partial charge in [-0.05, 0) is 139 Å². The number of fused-ring (bicyclic) bond motifs is 6. The minimum absolute atomic E-state index is 0.246. The van der Waals surface area contributed by atoms with Crippen LogP contribution in [0.4, 0.5) is 34.1 Å². The predicted molar refractivity (Wildman–Crippen MR) is 297 cm³/mol. The molecule has 11 aromatic rings. The van der Waals surface area contributed by atoms with Crippen molar-refractivity contribution in [2.75, 3.05) is 9.80 Å². The SMILES string of the molecule is C1=CCC(n2c3ccccc3c3ccc(N(c4ccccc4)c4cccc(-c5cccc(-c6cccc(N(c7ccccc7)c7ccc8c9ccccc9n(C9=CCCC=C9)c8c7)c6)c5)c4)cc32)C=C1. The molecule has 2 aliphatic rings. The van der Waals surface area contributed by atoms with Crippen LogP contribution in [0.5, 0.6) is 0 Å². The van der Waals surface area contributed by atoms with E-state index in [1.54, 1.807) is 0 Å². The van der Waals surface area contributed by atoms with Crippen LogP contribution in [0, 0.1) is 0 Å². The second kappa shape index (κ2) is 17.7. The third kappa shape index (κ3) is 7.33. The molecular formula is C66H50N4. The quantitative estimate of drug-likeness (QED) is 0.136. The van der Waals surface area contributed by atoms with Crippen molar-refractivity contribution in [3.63, 3.8) is 0 Å². The van der Waals surface area contributed by atoms with Gasteiger partial charge in [-0.3, -0.25) is 0 Å². The standard InChI is InChI=1S/C66H50N4/c1-5-24-51(25-6-1)67(57-38-40-61-59-34-13-15-36-63(59)69(65(61)45-57)53-28-9-3-10-29-53)55-32-18-22-49(43-55)47-20-17-21-48(42-47)50-23-19-33-56(44-50)68(52-26-7-2-8-27-52)58-39-41-62-60-35-14-16-37-64(60)70(66(62)46-58)54-30-11-4-12-31-54/h1-3,5-11,13-28,30-46,53H,4,12,29H2. The van der Waals surface area contributed by atoms with Crippen LogP contribution in [0.2, 0.25) is 0 Å². The van der Waals surface area contributed by atoms with Crippen molar-refractivity contribution in [2.45, 2.75) is 25.3 Å². The summed E-state index contributed by atoms with van der Waals surface area (Å²) in [4.78, 5) is 4.79. The second-order valence-corrected chi connectivity index (χ2v) is 18.4. The largest absolute Gasteiger partial charge is 0.333 e. The average molecular weight is 899 g/mol. The molecule has 9 aromatic carbocycles. The average Bonchev–Trinajstić information content (AvgIpc) is 3.94. The first-order chi connectivity index (χ1) is 34.7. The maximum absolute atomic E-state index is 2.53. The van der Waals surface area contributed by atoms with Crippen LogP contribution in [-0.4, -0.2) is 9.13 Å². The zero-order valence-corrected chi connectivity index (χ0v) is 38.8. The molecule has 2 aliphatic carbocycles. The fourth-order valence-electron chi connectivity index (χ4n) is 11.0. The lowest BCUT2D eigenvalue weighted by molar-refractivity contribution is 0.648. The van der Waals surface area contributed by atoms with Gasteiger partial charge in [-0.1, -0.05) is 164 Å². The van der Waals surface area contributed by atoms with Crippen molar-refractivity contribution >= 4 is 83.4 Å². The monoisotopic (exact) mass is 898 g/mol. The molecule has 70 heavy (non-hydrogen) atoms. The molecule has 4 heteroatoms. The Hall–Kier alpha value is -8.86. The molecular weight excluding hydrogens is 849 g/mol. The Kier molecular flexibility index (Phi) is 10.4. The first kappa shape index (κ1) is 41.3. The Morgan fingerprint density at radius 1 is 0.357 bits per heavy atom. The highest BCUT2D eigenvalue weighted by Crippen LogP contribution is 2.44. The van der Waals surface area contributed by atoms with Gasteiger partial charge >= 0.3 is 0 Å². The fourth-order valence-corrected chi connectivity index (χ4v) is 11.0. The molecule has 0 fully saturated rings. The molecule has 0 N–H and O–H groups in total. The number of rotatable bonds is 10. The number of hydrogen-bond acceptors (Lipinski definition) is 2. The van der Waals surface area contributed by atoms with Gasteiger partial charge in [0.2, 0.25) is 0 Å². The number of anilines is 6. The molecule has 0 radical (unpaired) electrons. The van der Waals surface area contributed by atoms with Crippen molar-refractivity contribution in [3.05, 3.63) is 261 Å². The number of aromatic nitrogens is 2. The van der Waals surface area contributed by atoms with E-state index < -0.39 is 0 Å². The summed E-state index contributed by atoms with van der Waals surface area (Å²) in [6.07, 6.45) is 19.0. The van der Waals surface area contributed by atoms with Crippen LogP contribution in [0.1, 0.15) is 25.3 Å². The molecule has 0 bridgehead atoms. The molecule has 13 rings (SSSR count). The van der Waals surface area contributed by atoms with Gasteiger partial charge in [-0.15, -0.1) is 0 Å². The lowest BCUT2D eigenvalue weighted by Gasteiger charge is -2.27. The van der Waals surface area contributed by atoms with Crippen molar-refractivity contribution in [2.24, 2.45) is 0 Å². The first-order valence-corrected chi connectivity index (χ1v) is 24.5. The summed E-state index contributed by atoms with van der Waals surface area (Å²) in [6, 6.07) is 80.3. The lowest BCUT2D eigenvalue weighted by atomic mass is 9.98. The third-order valence-electron chi connectivity index (χ3n) is 14.2. The van der Waals surface area contributed by atoms with Crippen molar-refractivity contribution < 1.29 is 0 Å². The summed E-state index contributed by atoms with van der Waals surface area (Å²) in [5.41, 5.74) is 17.4. The summed E-state index contributed by atoms with van der Waals surface area (Å²) < 4.78 is 4.97. The molecule has 0 saturated heterocycles. The van der Waals surface area contributed by atoms with E-state index in [2.05, 4.69) is 280 Å². The highest BCUT2D eigenvalue weighted by molar-refractivity contribution is 6.12. The molecule has 2 heterocycles. The van der Waals surface area contributed by atoms with Gasteiger partial charge < -0.3 is 18.9 Å². The van der Waals surface area contributed by atoms with E-state index in [0.717, 1.165) is 75.6 Å². The Morgan fingerprint density at radius 2 is 0.857 bits per heavy atom. The smallest absolute Gasteiger partial charge is 0.0561 e. The van der Waals surface area contributed by atoms with Gasteiger partial charge in [0.05, 0.1) is 22.6 Å². The first-order valence-electron chi connectivity index (χ1n) is 24.5. The van der Waals surface area contributed by atoms with E-state index in [0.29, 0.717) is 0 Å². The molecule has 1 unspecified atom stereocenters. The summed E-state index contributed by atoms with van der Waals surface area (Å²) in [5, 5.41) is 5.07. The van der Waals surface area contributed by atoms with Gasteiger partial charge in [-0.25, -0.2) is 0 Å².